The van der Waals surface area contributed by atoms with Gasteiger partial charge in [-0.1, -0.05) is 27.2 Å². The van der Waals surface area contributed by atoms with Gasteiger partial charge in [0, 0.05) is 26.7 Å². The Morgan fingerprint density at radius 3 is 2.44 bits per heavy atom. The Morgan fingerprint density at radius 1 is 1.11 bits per heavy atom. The SMILES string of the molecule is CCCCOCCNC(=NC)NCCCC(C)C. The van der Waals surface area contributed by atoms with Crippen molar-refractivity contribution in [1.82, 2.24) is 10.6 Å². The number of guanidine groups is 1. The normalized spacial score (nSPS) is 11.9. The first-order valence-electron chi connectivity index (χ1n) is 7.23. The molecule has 0 saturated carbocycles. The summed E-state index contributed by atoms with van der Waals surface area (Å²) in [7, 11) is 1.80. The van der Waals surface area contributed by atoms with Gasteiger partial charge in [0.05, 0.1) is 6.61 Å². The van der Waals surface area contributed by atoms with Gasteiger partial charge in [-0.15, -0.1) is 0 Å². The van der Waals surface area contributed by atoms with Gasteiger partial charge in [0.15, 0.2) is 5.96 Å². The van der Waals surface area contributed by atoms with Crippen LogP contribution in [0.3, 0.4) is 0 Å². The molecule has 0 aliphatic rings. The van der Waals surface area contributed by atoms with Gasteiger partial charge < -0.3 is 15.4 Å². The van der Waals surface area contributed by atoms with Crippen molar-refractivity contribution in [2.75, 3.05) is 33.4 Å². The third kappa shape index (κ3) is 11.7. The zero-order chi connectivity index (χ0) is 13.6. The van der Waals surface area contributed by atoms with Crippen LogP contribution in [0, 0.1) is 5.92 Å². The smallest absolute Gasteiger partial charge is 0.191 e. The van der Waals surface area contributed by atoms with Gasteiger partial charge >= 0.3 is 0 Å². The van der Waals surface area contributed by atoms with E-state index in [2.05, 4.69) is 36.4 Å². The lowest BCUT2D eigenvalue weighted by Crippen LogP contribution is -2.39. The number of aliphatic imine (C=N–C) groups is 1. The van der Waals surface area contributed by atoms with E-state index in [1.54, 1.807) is 7.05 Å². The van der Waals surface area contributed by atoms with E-state index in [9.17, 15) is 0 Å². The molecule has 0 spiro atoms. The molecule has 0 bridgehead atoms. The first-order chi connectivity index (χ1) is 8.70. The van der Waals surface area contributed by atoms with E-state index < -0.39 is 0 Å². The molecule has 0 aromatic carbocycles. The zero-order valence-corrected chi connectivity index (χ0v) is 12.6. The molecule has 0 aromatic heterocycles. The van der Waals surface area contributed by atoms with E-state index in [1.807, 2.05) is 0 Å². The molecule has 0 aliphatic heterocycles. The Labute approximate surface area is 113 Å². The van der Waals surface area contributed by atoms with Crippen LogP contribution in [-0.4, -0.2) is 39.3 Å². The number of ether oxygens (including phenoxy) is 1. The Hall–Kier alpha value is -0.770. The van der Waals surface area contributed by atoms with Gasteiger partial charge in [0.1, 0.15) is 0 Å². The second-order valence-corrected chi connectivity index (χ2v) is 4.93. The Balaban J connectivity index is 3.42. The molecule has 108 valence electrons. The molecular formula is C14H31N3O. The highest BCUT2D eigenvalue weighted by Gasteiger charge is 1.97. The van der Waals surface area contributed by atoms with E-state index >= 15 is 0 Å². The maximum Gasteiger partial charge on any atom is 0.191 e. The Morgan fingerprint density at radius 2 is 1.83 bits per heavy atom. The highest BCUT2D eigenvalue weighted by molar-refractivity contribution is 5.79. The zero-order valence-electron chi connectivity index (χ0n) is 12.6. The molecule has 0 fully saturated rings. The lowest BCUT2D eigenvalue weighted by molar-refractivity contribution is 0.136. The number of nitrogens with zero attached hydrogens (tertiary/aromatic N) is 1. The van der Waals surface area contributed by atoms with Crippen molar-refractivity contribution in [2.24, 2.45) is 10.9 Å². The first kappa shape index (κ1) is 17.2. The van der Waals surface area contributed by atoms with Crippen molar-refractivity contribution in [3.8, 4) is 0 Å². The summed E-state index contributed by atoms with van der Waals surface area (Å²) >= 11 is 0. The average Bonchev–Trinajstić information content (AvgIpc) is 2.35. The lowest BCUT2D eigenvalue weighted by atomic mass is 10.1. The van der Waals surface area contributed by atoms with Crippen LogP contribution < -0.4 is 10.6 Å². The van der Waals surface area contributed by atoms with Crippen LogP contribution >= 0.6 is 0 Å². The minimum absolute atomic E-state index is 0.743. The number of hydrogen-bond acceptors (Lipinski definition) is 2. The van der Waals surface area contributed by atoms with E-state index in [0.29, 0.717) is 0 Å². The van der Waals surface area contributed by atoms with Crippen molar-refractivity contribution in [2.45, 2.75) is 46.5 Å². The third-order valence-corrected chi connectivity index (χ3v) is 2.66. The monoisotopic (exact) mass is 257 g/mol. The summed E-state index contributed by atoms with van der Waals surface area (Å²) in [6, 6.07) is 0. The van der Waals surface area contributed by atoms with Crippen LogP contribution in [0.5, 0.6) is 0 Å². The summed E-state index contributed by atoms with van der Waals surface area (Å²) in [6.45, 7) is 10.1. The van der Waals surface area contributed by atoms with Crippen LogP contribution in [0.1, 0.15) is 46.5 Å². The Kier molecular flexibility index (Phi) is 12.1. The van der Waals surface area contributed by atoms with Crippen LogP contribution in [-0.2, 0) is 4.74 Å². The second-order valence-electron chi connectivity index (χ2n) is 4.93. The van der Waals surface area contributed by atoms with Gasteiger partial charge in [-0.2, -0.15) is 0 Å². The van der Waals surface area contributed by atoms with Crippen LogP contribution in [0.15, 0.2) is 4.99 Å². The fraction of sp³-hybridized carbons (Fsp3) is 0.929. The quantitative estimate of drug-likeness (QED) is 0.359. The van der Waals surface area contributed by atoms with Crippen molar-refractivity contribution in [1.29, 1.82) is 0 Å². The molecule has 0 amide bonds. The molecule has 18 heavy (non-hydrogen) atoms. The third-order valence-electron chi connectivity index (χ3n) is 2.66. The fourth-order valence-electron chi connectivity index (χ4n) is 1.53. The molecule has 4 heteroatoms. The summed E-state index contributed by atoms with van der Waals surface area (Å²) in [5.74, 6) is 1.64. The summed E-state index contributed by atoms with van der Waals surface area (Å²) in [5, 5.41) is 6.56. The molecule has 0 atom stereocenters. The van der Waals surface area contributed by atoms with Crippen molar-refractivity contribution < 1.29 is 4.74 Å². The molecule has 0 aromatic rings. The van der Waals surface area contributed by atoms with Crippen LogP contribution in [0.4, 0.5) is 0 Å². The summed E-state index contributed by atoms with van der Waals surface area (Å²) in [5.41, 5.74) is 0. The maximum absolute atomic E-state index is 5.48. The highest BCUT2D eigenvalue weighted by atomic mass is 16.5. The summed E-state index contributed by atoms with van der Waals surface area (Å²) in [4.78, 5) is 4.18. The van der Waals surface area contributed by atoms with Crippen LogP contribution in [0.25, 0.3) is 0 Å². The summed E-state index contributed by atoms with van der Waals surface area (Å²) < 4.78 is 5.48. The predicted molar refractivity (Wildman–Crippen MR) is 79.2 cm³/mol. The molecular weight excluding hydrogens is 226 g/mol. The van der Waals surface area contributed by atoms with Gasteiger partial charge in [-0.3, -0.25) is 4.99 Å². The molecule has 4 nitrogen and oxygen atoms in total. The minimum atomic E-state index is 0.743. The molecule has 0 radical (unpaired) electrons. The standard InChI is InChI=1S/C14H31N3O/c1-5-6-11-18-12-10-17-14(15-4)16-9-7-8-13(2)3/h13H,5-12H2,1-4H3,(H2,15,16,17). The molecule has 0 unspecified atom stereocenters. The topological polar surface area (TPSA) is 45.6 Å². The van der Waals surface area contributed by atoms with E-state index in [1.165, 1.54) is 19.3 Å². The van der Waals surface area contributed by atoms with E-state index in [-0.39, 0.29) is 0 Å². The van der Waals surface area contributed by atoms with Gasteiger partial charge in [0.2, 0.25) is 0 Å². The largest absolute Gasteiger partial charge is 0.380 e. The van der Waals surface area contributed by atoms with E-state index in [4.69, 9.17) is 4.74 Å². The number of rotatable bonds is 10. The molecule has 0 aliphatic carbocycles. The molecule has 0 rings (SSSR count). The molecule has 0 saturated heterocycles. The molecule has 2 N–H and O–H groups in total. The fourth-order valence-corrected chi connectivity index (χ4v) is 1.53. The van der Waals surface area contributed by atoms with Crippen LogP contribution in [0.2, 0.25) is 0 Å². The first-order valence-corrected chi connectivity index (χ1v) is 7.23. The summed E-state index contributed by atoms with van der Waals surface area (Å²) in [6.07, 6.45) is 4.77. The second kappa shape index (κ2) is 12.7. The number of hydrogen-bond donors (Lipinski definition) is 2. The molecule has 0 heterocycles. The number of nitrogens with one attached hydrogen (secondary N) is 2. The lowest BCUT2D eigenvalue weighted by Gasteiger charge is -2.12. The van der Waals surface area contributed by atoms with Gasteiger partial charge in [-0.25, -0.2) is 0 Å². The van der Waals surface area contributed by atoms with Crippen molar-refractivity contribution >= 4 is 5.96 Å². The maximum atomic E-state index is 5.48. The minimum Gasteiger partial charge on any atom is -0.380 e. The van der Waals surface area contributed by atoms with Crippen molar-refractivity contribution in [3.05, 3.63) is 0 Å². The number of unbranched alkanes of at least 4 members (excludes halogenated alkanes) is 1. The van der Waals surface area contributed by atoms with Gasteiger partial charge in [-0.05, 0) is 25.2 Å². The van der Waals surface area contributed by atoms with E-state index in [0.717, 1.165) is 44.6 Å². The predicted octanol–water partition coefficient (Wildman–Crippen LogP) is 2.40. The average molecular weight is 257 g/mol. The Bertz CT molecular complexity index is 205. The van der Waals surface area contributed by atoms with Gasteiger partial charge in [0.25, 0.3) is 0 Å². The van der Waals surface area contributed by atoms with Crippen molar-refractivity contribution in [3.63, 3.8) is 0 Å². The highest BCUT2D eigenvalue weighted by Crippen LogP contribution is 2.01.